The summed E-state index contributed by atoms with van der Waals surface area (Å²) in [5, 5.41) is 56.5. The molecule has 49 heavy (non-hydrogen) atoms. The van der Waals surface area contributed by atoms with Crippen molar-refractivity contribution in [3.63, 3.8) is 0 Å². The van der Waals surface area contributed by atoms with Gasteiger partial charge in [0.05, 0.1) is 22.5 Å². The Hall–Kier alpha value is -0.760. The summed E-state index contributed by atoms with van der Waals surface area (Å²) < 4.78 is 28.3. The third-order valence-electron chi connectivity index (χ3n) is 15.2. The Morgan fingerprint density at radius 1 is 0.959 bits per heavy atom. The summed E-state index contributed by atoms with van der Waals surface area (Å²) in [6.45, 7) is 15.7. The van der Waals surface area contributed by atoms with E-state index in [1.54, 1.807) is 6.08 Å². The Kier molecular flexibility index (Phi) is 8.02. The Morgan fingerprint density at radius 2 is 1.67 bits per heavy atom. The molecule has 9 rings (SSSR count). The number of fused-ring (bicyclic) bond motifs is 4. The molecule has 4 saturated carbocycles. The zero-order chi connectivity index (χ0) is 35.3. The fourth-order valence-electron chi connectivity index (χ4n) is 12.2. The second-order valence-electron chi connectivity index (χ2n) is 17.9. The smallest absolute Gasteiger partial charge is 0.331 e. The van der Waals surface area contributed by atoms with Crippen LogP contribution in [0.4, 0.5) is 0 Å². The lowest BCUT2D eigenvalue weighted by Gasteiger charge is -2.81. The van der Waals surface area contributed by atoms with Gasteiger partial charge >= 0.3 is 5.97 Å². The van der Waals surface area contributed by atoms with Gasteiger partial charge in [0.25, 0.3) is 0 Å². The second kappa shape index (κ2) is 11.1. The number of ether oxygens (including phenoxy) is 4. The molecule has 4 saturated heterocycles. The van der Waals surface area contributed by atoms with Crippen LogP contribution in [0.3, 0.4) is 0 Å². The molecule has 13 heteroatoms. The predicted octanol–water partition coefficient (Wildman–Crippen LogP) is 3.25. The molecule has 5 N–H and O–H groups in total. The Labute approximate surface area is 289 Å². The summed E-state index contributed by atoms with van der Waals surface area (Å²) in [5.74, 6) is 1.60. The molecule has 0 aromatic rings. The van der Waals surface area contributed by atoms with Gasteiger partial charge in [-0.25, -0.2) is 14.4 Å². The van der Waals surface area contributed by atoms with E-state index in [4.69, 9.17) is 28.5 Å². The van der Waals surface area contributed by atoms with Gasteiger partial charge in [-0.1, -0.05) is 48.5 Å². The third-order valence-corrected chi connectivity index (χ3v) is 18.1. The number of epoxide rings is 1. The minimum atomic E-state index is -1.67. The first-order valence-electron chi connectivity index (χ1n) is 18.4. The maximum absolute atomic E-state index is 12.8. The molecule has 1 spiro atoms. The molecule has 0 bridgehead atoms. The molecule has 0 radical (unpaired) electrons. The van der Waals surface area contributed by atoms with Crippen LogP contribution in [-0.4, -0.2) is 103 Å². The van der Waals surface area contributed by atoms with Crippen molar-refractivity contribution in [3.05, 3.63) is 11.6 Å². The van der Waals surface area contributed by atoms with E-state index in [-0.39, 0.29) is 31.3 Å². The first kappa shape index (κ1) is 35.3. The SMILES string of the molecule is CC(C)C(C)C(C)C.CC12C[C@@]3(O)[C@H]4C(C)(CCC5(O)CC(OC6OC7OC7C(O)C6O)CC6OOP3C645)C1(O)CCC2C1=CC(=O)OC1. The molecular formula is C36H55O12P. The quantitative estimate of drug-likeness (QED) is 0.0927. The topological polar surface area (TPSA) is 177 Å². The molecular weight excluding hydrogens is 655 g/mol. The first-order valence-corrected chi connectivity index (χ1v) is 19.6. The number of cyclic esters (lactones) is 1. The fourth-order valence-corrected chi connectivity index (χ4v) is 16.0. The average Bonchev–Trinajstić information content (AvgIpc) is 3.41. The maximum atomic E-state index is 12.8. The van der Waals surface area contributed by atoms with Crippen molar-refractivity contribution in [2.45, 2.75) is 158 Å². The van der Waals surface area contributed by atoms with Crippen molar-refractivity contribution in [3.8, 4) is 0 Å². The van der Waals surface area contributed by atoms with E-state index in [1.807, 2.05) is 6.92 Å². The van der Waals surface area contributed by atoms with Crippen molar-refractivity contribution < 1.29 is 58.8 Å². The summed E-state index contributed by atoms with van der Waals surface area (Å²) in [6, 6.07) is 0. The van der Waals surface area contributed by atoms with Crippen LogP contribution in [0, 0.1) is 40.4 Å². The van der Waals surface area contributed by atoms with Crippen molar-refractivity contribution in [2.75, 3.05) is 6.61 Å². The zero-order valence-electron chi connectivity index (χ0n) is 29.7. The van der Waals surface area contributed by atoms with Crippen LogP contribution in [0.2, 0.25) is 0 Å². The zero-order valence-corrected chi connectivity index (χ0v) is 30.6. The molecule has 9 aliphatic rings. The lowest BCUT2D eigenvalue weighted by molar-refractivity contribution is -0.328. The Bertz CT molecular complexity index is 1400. The molecule has 5 aliphatic heterocycles. The molecule has 0 aromatic heterocycles. The normalized spacial score (nSPS) is 56.2. The Morgan fingerprint density at radius 3 is 2.31 bits per heavy atom. The number of aliphatic hydroxyl groups excluding tert-OH is 2. The first-order chi connectivity index (χ1) is 22.9. The van der Waals surface area contributed by atoms with Gasteiger partial charge in [-0.05, 0) is 61.3 Å². The van der Waals surface area contributed by atoms with Crippen LogP contribution < -0.4 is 0 Å². The highest BCUT2D eigenvalue weighted by molar-refractivity contribution is 7.58. The van der Waals surface area contributed by atoms with Gasteiger partial charge < -0.3 is 44.5 Å². The standard InChI is InChI=1S/C28H37O12P.C8H18/c1-23-5-6-25(32)9-13(36-20-18(31)17(30)19-21(37-19)38-20)8-15-28(25)22(23)26(33,41(28)40-39-15)11-24(2)14(3-4-27(23,24)34)12-7-16(29)35-10-12;1-6(2)8(5)7(3)4/h7,13-15,17-22,30-34H,3-6,8-11H2,1-2H3;6-8H,1-5H3/t13?,14?,15?,17?,18?,19?,20?,21?,22-,23?,24?,25?,26+,27?,28?,41?;/m1./s1. The van der Waals surface area contributed by atoms with Gasteiger partial charge in [-0.3, -0.25) is 0 Å². The monoisotopic (exact) mass is 710 g/mol. The van der Waals surface area contributed by atoms with Crippen LogP contribution in [0.5, 0.6) is 0 Å². The molecule has 16 atom stereocenters. The minimum absolute atomic E-state index is 0.121. The van der Waals surface area contributed by atoms with Gasteiger partial charge in [-0.2, -0.15) is 0 Å². The van der Waals surface area contributed by atoms with Crippen LogP contribution in [0.1, 0.15) is 93.4 Å². The highest BCUT2D eigenvalue weighted by Crippen LogP contribution is 2.94. The molecule has 4 aliphatic carbocycles. The van der Waals surface area contributed by atoms with E-state index in [2.05, 4.69) is 41.5 Å². The predicted molar refractivity (Wildman–Crippen MR) is 174 cm³/mol. The van der Waals surface area contributed by atoms with Gasteiger partial charge in [0, 0.05) is 35.7 Å². The number of rotatable bonds is 5. The van der Waals surface area contributed by atoms with E-state index in [0.717, 1.165) is 23.3 Å². The third kappa shape index (κ3) is 4.40. The highest BCUT2D eigenvalue weighted by Gasteiger charge is 2.94. The fraction of sp³-hybridized carbons (Fsp3) is 0.917. The number of carbonyl (C=O) groups excluding carboxylic acids is 1. The number of esters is 1. The highest BCUT2D eigenvalue weighted by atomic mass is 31.1. The van der Waals surface area contributed by atoms with Crippen molar-refractivity contribution in [1.82, 2.24) is 0 Å². The number of carbonyl (C=O) groups is 1. The summed E-state index contributed by atoms with van der Waals surface area (Å²) >= 11 is 0. The lowest BCUT2D eigenvalue weighted by atomic mass is 9.38. The molecule has 8 fully saturated rings. The van der Waals surface area contributed by atoms with Gasteiger partial charge in [0.15, 0.2) is 12.6 Å². The van der Waals surface area contributed by atoms with Crippen molar-refractivity contribution in [2.24, 2.45) is 40.4 Å². The van der Waals surface area contributed by atoms with Gasteiger partial charge in [0.1, 0.15) is 44.5 Å². The molecule has 0 amide bonds. The largest absolute Gasteiger partial charge is 0.458 e. The van der Waals surface area contributed by atoms with E-state index >= 15 is 0 Å². The molecule has 12 nitrogen and oxygen atoms in total. The van der Waals surface area contributed by atoms with Gasteiger partial charge in [-0.15, -0.1) is 0 Å². The second-order valence-corrected chi connectivity index (χ2v) is 20.2. The number of hydrogen-bond donors (Lipinski definition) is 5. The van der Waals surface area contributed by atoms with Crippen LogP contribution in [-0.2, 0) is 33.3 Å². The van der Waals surface area contributed by atoms with E-state index in [0.29, 0.717) is 32.1 Å². The van der Waals surface area contributed by atoms with Gasteiger partial charge in [0.2, 0.25) is 0 Å². The van der Waals surface area contributed by atoms with Crippen molar-refractivity contribution in [1.29, 1.82) is 0 Å². The lowest BCUT2D eigenvalue weighted by Crippen LogP contribution is -2.87. The molecule has 14 unspecified atom stereocenters. The minimum Gasteiger partial charge on any atom is -0.458 e. The summed E-state index contributed by atoms with van der Waals surface area (Å²) in [5.41, 5.74) is -3.05. The van der Waals surface area contributed by atoms with E-state index in [9.17, 15) is 30.3 Å². The summed E-state index contributed by atoms with van der Waals surface area (Å²) in [7, 11) is -1.67. The molecule has 5 heterocycles. The van der Waals surface area contributed by atoms with E-state index < -0.39 is 89.7 Å². The molecule has 0 aromatic carbocycles. The average molecular weight is 711 g/mol. The number of aliphatic hydroxyl groups is 5. The number of hydrogen-bond acceptors (Lipinski definition) is 12. The molecule has 276 valence electrons. The van der Waals surface area contributed by atoms with Crippen molar-refractivity contribution >= 4 is 14.1 Å². The van der Waals surface area contributed by atoms with E-state index in [1.165, 1.54) is 0 Å². The maximum Gasteiger partial charge on any atom is 0.331 e. The van der Waals surface area contributed by atoms with Crippen LogP contribution in [0.15, 0.2) is 11.6 Å². The summed E-state index contributed by atoms with van der Waals surface area (Å²) in [6.07, 6.45) is -1.43. The Balaban J connectivity index is 0.000000392. The van der Waals surface area contributed by atoms with Crippen LogP contribution >= 0.6 is 8.15 Å². The van der Waals surface area contributed by atoms with Crippen LogP contribution in [0.25, 0.3) is 0 Å². The summed E-state index contributed by atoms with van der Waals surface area (Å²) in [4.78, 5) is 17.9.